The fourth-order valence-corrected chi connectivity index (χ4v) is 6.01. The van der Waals surface area contributed by atoms with E-state index < -0.39 is 29.6 Å². The first-order chi connectivity index (χ1) is 16.4. The summed E-state index contributed by atoms with van der Waals surface area (Å²) < 4.78 is 5.55. The van der Waals surface area contributed by atoms with Crippen LogP contribution in [0.4, 0.5) is 4.79 Å². The molecule has 34 heavy (non-hydrogen) atoms. The molecule has 3 N–H and O–H groups in total. The molecule has 3 aliphatic rings. The number of rotatable bonds is 7. The van der Waals surface area contributed by atoms with E-state index in [1.807, 2.05) is 36.4 Å². The summed E-state index contributed by atoms with van der Waals surface area (Å²) in [5, 5.41) is 15.1. The zero-order valence-electron chi connectivity index (χ0n) is 19.3. The van der Waals surface area contributed by atoms with Crippen LogP contribution in [0.3, 0.4) is 0 Å². The summed E-state index contributed by atoms with van der Waals surface area (Å²) in [6, 6.07) is 15.3. The number of ether oxygens (including phenoxy) is 1. The van der Waals surface area contributed by atoms with Crippen LogP contribution in [0.15, 0.2) is 48.5 Å². The molecule has 0 radical (unpaired) electrons. The molecule has 7 heteroatoms. The quantitative estimate of drug-likeness (QED) is 0.572. The van der Waals surface area contributed by atoms with Crippen LogP contribution in [0.1, 0.15) is 62.5 Å². The first-order valence-corrected chi connectivity index (χ1v) is 12.0. The van der Waals surface area contributed by atoms with Gasteiger partial charge in [0.05, 0.1) is 0 Å². The van der Waals surface area contributed by atoms with Gasteiger partial charge in [-0.05, 0) is 59.8 Å². The standard InChI is InChI=1S/C27H30N2O5/c1-2-22(23(30)29-27(24(31)32)15-26(16-27)12-7-13-26)28-25(33)34-14-21-19-10-5-3-8-17(19)18-9-4-6-11-20(18)21/h3-6,8-11,21-22H,2,7,12-16H2,1H3,(H,28,33)(H,29,30)(H,31,32)/t22-/m1/s1. The second-order valence-corrected chi connectivity index (χ2v) is 10.0. The van der Waals surface area contributed by atoms with Crippen molar-refractivity contribution < 1.29 is 24.2 Å². The van der Waals surface area contributed by atoms with Crippen molar-refractivity contribution in [3.8, 4) is 11.1 Å². The van der Waals surface area contributed by atoms with Crippen molar-refractivity contribution >= 4 is 18.0 Å². The second-order valence-electron chi connectivity index (χ2n) is 10.0. The monoisotopic (exact) mass is 462 g/mol. The molecule has 178 valence electrons. The van der Waals surface area contributed by atoms with Gasteiger partial charge in [0.1, 0.15) is 18.2 Å². The highest BCUT2D eigenvalue weighted by Crippen LogP contribution is 2.60. The molecular weight excluding hydrogens is 432 g/mol. The van der Waals surface area contributed by atoms with Crippen molar-refractivity contribution in [2.24, 2.45) is 5.41 Å². The lowest BCUT2D eigenvalue weighted by atomic mass is 9.48. The zero-order valence-corrected chi connectivity index (χ0v) is 19.3. The smallest absolute Gasteiger partial charge is 0.407 e. The average Bonchev–Trinajstić information content (AvgIpc) is 3.10. The molecular formula is C27H30N2O5. The van der Waals surface area contributed by atoms with Crippen LogP contribution in [0.5, 0.6) is 0 Å². The number of aliphatic carboxylic acids is 1. The molecule has 1 atom stereocenters. The molecule has 0 saturated heterocycles. The van der Waals surface area contributed by atoms with E-state index in [0.717, 1.165) is 41.5 Å². The number of benzene rings is 2. The van der Waals surface area contributed by atoms with Gasteiger partial charge < -0.3 is 20.5 Å². The number of hydrogen-bond donors (Lipinski definition) is 3. The predicted molar refractivity (Wildman–Crippen MR) is 126 cm³/mol. The van der Waals surface area contributed by atoms with Gasteiger partial charge >= 0.3 is 12.1 Å². The molecule has 5 rings (SSSR count). The van der Waals surface area contributed by atoms with E-state index in [4.69, 9.17) is 4.74 Å². The Morgan fingerprint density at radius 3 is 2.12 bits per heavy atom. The molecule has 0 heterocycles. The van der Waals surface area contributed by atoms with Crippen LogP contribution >= 0.6 is 0 Å². The minimum Gasteiger partial charge on any atom is -0.480 e. The lowest BCUT2D eigenvalue weighted by Crippen LogP contribution is -2.69. The summed E-state index contributed by atoms with van der Waals surface area (Å²) >= 11 is 0. The van der Waals surface area contributed by atoms with Crippen LogP contribution in [0.25, 0.3) is 11.1 Å². The third-order valence-corrected chi connectivity index (χ3v) is 7.90. The summed E-state index contributed by atoms with van der Waals surface area (Å²) in [4.78, 5) is 37.4. The highest BCUT2D eigenvalue weighted by Gasteiger charge is 2.62. The van der Waals surface area contributed by atoms with Crippen molar-refractivity contribution in [2.45, 2.75) is 62.9 Å². The molecule has 2 aromatic carbocycles. The van der Waals surface area contributed by atoms with Gasteiger partial charge in [0.2, 0.25) is 5.91 Å². The van der Waals surface area contributed by atoms with Crippen molar-refractivity contribution in [2.75, 3.05) is 6.61 Å². The SMILES string of the molecule is CC[C@@H](NC(=O)OCC1c2ccccc2-c2ccccc21)C(=O)NC1(C(=O)O)CC2(CCC2)C1. The summed E-state index contributed by atoms with van der Waals surface area (Å²) in [5.74, 6) is -1.56. The molecule has 0 aliphatic heterocycles. The highest BCUT2D eigenvalue weighted by atomic mass is 16.5. The van der Waals surface area contributed by atoms with Gasteiger partial charge in [0.25, 0.3) is 0 Å². The maximum absolute atomic E-state index is 12.9. The number of hydrogen-bond acceptors (Lipinski definition) is 4. The summed E-state index contributed by atoms with van der Waals surface area (Å²) in [6.45, 7) is 1.93. The Morgan fingerprint density at radius 1 is 1.03 bits per heavy atom. The molecule has 2 amide bonds. The van der Waals surface area contributed by atoms with E-state index >= 15 is 0 Å². The van der Waals surface area contributed by atoms with Gasteiger partial charge in [-0.1, -0.05) is 61.9 Å². The molecule has 0 unspecified atom stereocenters. The van der Waals surface area contributed by atoms with E-state index in [0.29, 0.717) is 19.3 Å². The number of alkyl carbamates (subject to hydrolysis) is 1. The second kappa shape index (κ2) is 8.46. The first kappa shape index (κ1) is 22.4. The van der Waals surface area contributed by atoms with Gasteiger partial charge in [-0.2, -0.15) is 0 Å². The average molecular weight is 463 g/mol. The number of carbonyl (C=O) groups is 3. The van der Waals surface area contributed by atoms with E-state index in [1.54, 1.807) is 6.92 Å². The number of carboxylic acids is 1. The molecule has 2 aromatic rings. The number of fused-ring (bicyclic) bond motifs is 3. The van der Waals surface area contributed by atoms with Gasteiger partial charge in [-0.3, -0.25) is 4.79 Å². The lowest BCUT2D eigenvalue weighted by molar-refractivity contribution is -0.166. The van der Waals surface area contributed by atoms with Crippen molar-refractivity contribution in [1.82, 2.24) is 10.6 Å². The Kier molecular flexibility index (Phi) is 5.58. The first-order valence-electron chi connectivity index (χ1n) is 12.0. The molecule has 1 spiro atoms. The molecule has 2 saturated carbocycles. The Hall–Kier alpha value is -3.35. The van der Waals surface area contributed by atoms with Crippen LogP contribution in [0, 0.1) is 5.41 Å². The minimum atomic E-state index is -1.23. The zero-order chi connectivity index (χ0) is 23.9. The van der Waals surface area contributed by atoms with Crippen LogP contribution < -0.4 is 10.6 Å². The fraction of sp³-hybridized carbons (Fsp3) is 0.444. The van der Waals surface area contributed by atoms with E-state index in [-0.39, 0.29) is 17.9 Å². The third-order valence-electron chi connectivity index (χ3n) is 7.90. The number of amides is 2. The summed E-state index contributed by atoms with van der Waals surface area (Å²) in [6.07, 6.45) is 3.73. The Bertz CT molecular complexity index is 1090. The van der Waals surface area contributed by atoms with E-state index in [9.17, 15) is 19.5 Å². The van der Waals surface area contributed by atoms with Crippen LogP contribution in [-0.4, -0.2) is 41.3 Å². The third kappa shape index (κ3) is 3.73. The van der Waals surface area contributed by atoms with Gasteiger partial charge in [-0.15, -0.1) is 0 Å². The maximum atomic E-state index is 12.9. The van der Waals surface area contributed by atoms with E-state index in [1.165, 1.54) is 0 Å². The highest BCUT2D eigenvalue weighted by molar-refractivity contribution is 5.92. The van der Waals surface area contributed by atoms with Gasteiger partial charge in [-0.25, -0.2) is 9.59 Å². The van der Waals surface area contributed by atoms with E-state index in [2.05, 4.69) is 22.8 Å². The van der Waals surface area contributed by atoms with Crippen LogP contribution in [-0.2, 0) is 14.3 Å². The van der Waals surface area contributed by atoms with Crippen molar-refractivity contribution in [3.63, 3.8) is 0 Å². The minimum absolute atomic E-state index is 0.0732. The Labute approximate surface area is 198 Å². The lowest BCUT2D eigenvalue weighted by Gasteiger charge is -2.59. The summed E-state index contributed by atoms with van der Waals surface area (Å²) in [7, 11) is 0. The molecule has 2 fully saturated rings. The van der Waals surface area contributed by atoms with Crippen molar-refractivity contribution in [3.05, 3.63) is 59.7 Å². The molecule has 7 nitrogen and oxygen atoms in total. The molecule has 3 aliphatic carbocycles. The Morgan fingerprint density at radius 2 is 1.62 bits per heavy atom. The topological polar surface area (TPSA) is 105 Å². The number of carboxylic acid groups (broad SMARTS) is 1. The Balaban J connectivity index is 1.20. The normalized spacial score (nSPS) is 19.7. The fourth-order valence-electron chi connectivity index (χ4n) is 6.01. The predicted octanol–water partition coefficient (Wildman–Crippen LogP) is 4.21. The molecule has 0 bridgehead atoms. The summed E-state index contributed by atoms with van der Waals surface area (Å²) in [5.41, 5.74) is 3.35. The largest absolute Gasteiger partial charge is 0.480 e. The number of nitrogens with one attached hydrogen (secondary N) is 2. The molecule has 0 aromatic heterocycles. The maximum Gasteiger partial charge on any atom is 0.407 e. The van der Waals surface area contributed by atoms with Crippen LogP contribution in [0.2, 0.25) is 0 Å². The van der Waals surface area contributed by atoms with Crippen molar-refractivity contribution in [1.29, 1.82) is 0 Å². The van der Waals surface area contributed by atoms with Gasteiger partial charge in [0, 0.05) is 5.92 Å². The number of carbonyl (C=O) groups excluding carboxylic acids is 2. The van der Waals surface area contributed by atoms with Gasteiger partial charge in [0.15, 0.2) is 0 Å².